The summed E-state index contributed by atoms with van der Waals surface area (Å²) in [4.78, 5) is 2.41. The Morgan fingerprint density at radius 2 is 0.823 bits per heavy atom. The predicted molar refractivity (Wildman–Crippen MR) is 261 cm³/mol. The molecule has 2 heteroatoms. The van der Waals surface area contributed by atoms with Crippen LogP contribution in [0, 0.1) is 0 Å². The highest BCUT2D eigenvalue weighted by Crippen LogP contribution is 2.43. The summed E-state index contributed by atoms with van der Waals surface area (Å²) in [6, 6.07) is 75.8. The second-order valence-electron chi connectivity index (χ2n) is 17.7. The molecule has 2 nitrogen and oxygen atoms in total. The Hall–Kier alpha value is -7.42. The molecule has 0 radical (unpaired) electrons. The van der Waals surface area contributed by atoms with Crippen molar-refractivity contribution in [1.82, 2.24) is 0 Å². The van der Waals surface area contributed by atoms with Crippen LogP contribution in [-0.2, 0) is 18.3 Å². The molecule has 0 aliphatic heterocycles. The largest absolute Gasteiger partial charge is 0.455 e. The Bertz CT molecular complexity index is 3250. The molecule has 0 unspecified atom stereocenters. The molecule has 0 amide bonds. The van der Waals surface area contributed by atoms with Gasteiger partial charge in [-0.3, -0.25) is 0 Å². The lowest BCUT2D eigenvalue weighted by atomic mass is 9.84. The molecule has 0 fully saturated rings. The summed E-state index contributed by atoms with van der Waals surface area (Å²) in [5.74, 6) is 0. The van der Waals surface area contributed by atoms with Crippen molar-refractivity contribution in [1.29, 1.82) is 0 Å². The molecule has 0 bridgehead atoms. The molecule has 0 saturated heterocycles. The molecule has 298 valence electrons. The van der Waals surface area contributed by atoms with Gasteiger partial charge in [-0.25, -0.2) is 0 Å². The number of hydrogen-bond donors (Lipinski definition) is 0. The number of para-hydroxylation sites is 2. The van der Waals surface area contributed by atoms with E-state index in [-0.39, 0.29) is 5.41 Å². The molecule has 62 heavy (non-hydrogen) atoms. The molecule has 0 N–H and O–H groups in total. The fourth-order valence-corrected chi connectivity index (χ4v) is 9.53. The minimum atomic E-state index is 0.108. The maximum atomic E-state index is 6.47. The van der Waals surface area contributed by atoms with Gasteiger partial charge in [0.15, 0.2) is 0 Å². The van der Waals surface area contributed by atoms with Crippen molar-refractivity contribution in [2.75, 3.05) is 4.90 Å². The zero-order valence-electron chi connectivity index (χ0n) is 35.4. The molecular weight excluding hydrogens is 751 g/mol. The summed E-state index contributed by atoms with van der Waals surface area (Å²) < 4.78 is 6.47. The third kappa shape index (κ3) is 6.79. The monoisotopic (exact) mass is 797 g/mol. The summed E-state index contributed by atoms with van der Waals surface area (Å²) in [6.45, 7) is 6.79. The Kier molecular flexibility index (Phi) is 9.24. The number of fused-ring (bicyclic) bond motifs is 9. The van der Waals surface area contributed by atoms with E-state index in [0.29, 0.717) is 0 Å². The Morgan fingerprint density at radius 3 is 1.42 bits per heavy atom. The summed E-state index contributed by atoms with van der Waals surface area (Å²) in [6.07, 6.45) is 1.67. The van der Waals surface area contributed by atoms with Crippen molar-refractivity contribution < 1.29 is 4.42 Å². The third-order valence-electron chi connectivity index (χ3n) is 12.8. The van der Waals surface area contributed by atoms with Gasteiger partial charge >= 0.3 is 0 Å². The van der Waals surface area contributed by atoms with Crippen LogP contribution in [0.1, 0.15) is 48.6 Å². The van der Waals surface area contributed by atoms with Crippen LogP contribution in [0.2, 0.25) is 0 Å². The molecule has 1 heterocycles. The molecule has 0 atom stereocenters. The topological polar surface area (TPSA) is 16.4 Å². The second-order valence-corrected chi connectivity index (χ2v) is 17.7. The summed E-state index contributed by atoms with van der Waals surface area (Å²) in [5, 5.41) is 2.27. The van der Waals surface area contributed by atoms with E-state index in [1.165, 1.54) is 61.2 Å². The normalized spacial score (nSPS) is 12.3. The van der Waals surface area contributed by atoms with Gasteiger partial charge in [0.2, 0.25) is 0 Å². The predicted octanol–water partition coefficient (Wildman–Crippen LogP) is 16.5. The number of hydrogen-bond acceptors (Lipinski definition) is 2. The second kappa shape index (κ2) is 15.2. The van der Waals surface area contributed by atoms with Gasteiger partial charge in [0.1, 0.15) is 11.2 Å². The zero-order valence-corrected chi connectivity index (χ0v) is 35.4. The lowest BCUT2D eigenvalue weighted by Crippen LogP contribution is -2.11. The summed E-state index contributed by atoms with van der Waals surface area (Å²) in [7, 11) is 0. The van der Waals surface area contributed by atoms with Crippen molar-refractivity contribution >= 4 is 39.0 Å². The maximum Gasteiger partial charge on any atom is 0.143 e. The smallest absolute Gasteiger partial charge is 0.143 e. The van der Waals surface area contributed by atoms with Gasteiger partial charge in [0.05, 0.1) is 0 Å². The van der Waals surface area contributed by atoms with Gasteiger partial charge in [-0.2, -0.15) is 0 Å². The SMILES string of the molecule is CC(C)(C)c1ccc(-c2ccc(N(c3ccc(-c4cccc5c4oc4ccccc45)cc3)c3ccc4c(c3)Cc3ccccc3-c3ccccc3Cc3ccccc3-4)cc2)cc1. The van der Waals surface area contributed by atoms with Gasteiger partial charge in [-0.1, -0.05) is 185 Å². The van der Waals surface area contributed by atoms with Gasteiger partial charge in [0.25, 0.3) is 0 Å². The van der Waals surface area contributed by atoms with E-state index in [4.69, 9.17) is 4.42 Å². The summed E-state index contributed by atoms with van der Waals surface area (Å²) in [5.41, 5.74) is 21.7. The molecule has 1 aliphatic carbocycles. The average Bonchev–Trinajstić information content (AvgIpc) is 3.69. The molecule has 1 aliphatic rings. The van der Waals surface area contributed by atoms with E-state index in [2.05, 4.69) is 220 Å². The standard InChI is InChI=1S/C60H47NO/c1-60(2,3)47-29-23-40(24-30-47)41-25-31-48(32-26-41)61(49-33-27-42(28-34-49)55-20-12-21-57-56-19-10-11-22-58(56)62-59(55)57)50-35-36-54-46(39-50)38-45-15-6-8-17-52(45)51-16-7-4-13-43(51)37-44-14-5-9-18-53(44)54/h4-36,39H,37-38H2,1-3H3. The van der Waals surface area contributed by atoms with Crippen molar-refractivity contribution in [2.24, 2.45) is 0 Å². The highest BCUT2D eigenvalue weighted by atomic mass is 16.3. The van der Waals surface area contributed by atoms with E-state index in [1.807, 2.05) is 12.1 Å². The maximum absolute atomic E-state index is 6.47. The number of nitrogens with zero attached hydrogens (tertiary/aromatic N) is 1. The minimum absolute atomic E-state index is 0.108. The van der Waals surface area contributed by atoms with Gasteiger partial charge in [0, 0.05) is 33.4 Å². The lowest BCUT2D eigenvalue weighted by molar-refractivity contribution is 0.590. The Balaban J connectivity index is 1.05. The first-order valence-electron chi connectivity index (χ1n) is 21.7. The Morgan fingerprint density at radius 1 is 0.371 bits per heavy atom. The van der Waals surface area contributed by atoms with Crippen LogP contribution >= 0.6 is 0 Å². The number of anilines is 3. The number of rotatable bonds is 5. The van der Waals surface area contributed by atoms with Crippen molar-refractivity contribution in [3.63, 3.8) is 0 Å². The first kappa shape index (κ1) is 37.6. The van der Waals surface area contributed by atoms with Crippen molar-refractivity contribution in [3.8, 4) is 44.5 Å². The van der Waals surface area contributed by atoms with Gasteiger partial charge in [-0.05, 0) is 127 Å². The van der Waals surface area contributed by atoms with E-state index >= 15 is 0 Å². The Labute approximate surface area is 364 Å². The van der Waals surface area contributed by atoms with E-state index < -0.39 is 0 Å². The van der Waals surface area contributed by atoms with Gasteiger partial charge in [-0.15, -0.1) is 0 Å². The average molecular weight is 798 g/mol. The quantitative estimate of drug-likeness (QED) is 0.172. The van der Waals surface area contributed by atoms with E-state index in [1.54, 1.807) is 0 Å². The number of benzene rings is 9. The molecule has 0 spiro atoms. The van der Waals surface area contributed by atoms with E-state index in [0.717, 1.165) is 63.0 Å². The molecular formula is C60H47NO. The van der Waals surface area contributed by atoms with Crippen LogP contribution < -0.4 is 4.90 Å². The van der Waals surface area contributed by atoms with Crippen LogP contribution in [-0.4, -0.2) is 0 Å². The van der Waals surface area contributed by atoms with E-state index in [9.17, 15) is 0 Å². The lowest BCUT2D eigenvalue weighted by Gasteiger charge is -2.28. The first-order chi connectivity index (χ1) is 30.4. The number of furan rings is 1. The third-order valence-corrected chi connectivity index (χ3v) is 12.8. The van der Waals surface area contributed by atoms with Crippen LogP contribution in [0.5, 0.6) is 0 Å². The van der Waals surface area contributed by atoms with Crippen LogP contribution in [0.25, 0.3) is 66.4 Å². The van der Waals surface area contributed by atoms with Crippen molar-refractivity contribution in [2.45, 2.75) is 39.0 Å². The molecule has 1 aromatic heterocycles. The zero-order chi connectivity index (χ0) is 41.8. The molecule has 11 rings (SSSR count). The summed E-state index contributed by atoms with van der Waals surface area (Å²) >= 11 is 0. The molecule has 0 saturated carbocycles. The molecule has 9 aromatic carbocycles. The van der Waals surface area contributed by atoms with Crippen LogP contribution in [0.3, 0.4) is 0 Å². The highest BCUT2D eigenvalue weighted by Gasteiger charge is 2.21. The van der Waals surface area contributed by atoms with Gasteiger partial charge < -0.3 is 9.32 Å². The first-order valence-corrected chi connectivity index (χ1v) is 21.7. The molecule has 10 aromatic rings. The fraction of sp³-hybridized carbons (Fsp3) is 0.100. The fourth-order valence-electron chi connectivity index (χ4n) is 9.53. The highest BCUT2D eigenvalue weighted by molar-refractivity contribution is 6.09. The van der Waals surface area contributed by atoms with Crippen molar-refractivity contribution in [3.05, 3.63) is 234 Å². The minimum Gasteiger partial charge on any atom is -0.455 e. The van der Waals surface area contributed by atoms with Crippen LogP contribution in [0.15, 0.2) is 211 Å². The van der Waals surface area contributed by atoms with Crippen LogP contribution in [0.4, 0.5) is 17.1 Å².